The van der Waals surface area contributed by atoms with Crippen molar-refractivity contribution in [2.75, 3.05) is 5.32 Å². The second-order valence-corrected chi connectivity index (χ2v) is 6.43. The third kappa shape index (κ3) is 3.12. The molecule has 0 unspecified atom stereocenters. The first-order valence-corrected chi connectivity index (χ1v) is 8.61. The Kier molecular flexibility index (Phi) is 4.17. The first-order chi connectivity index (χ1) is 12.2. The Hall–Kier alpha value is -2.76. The summed E-state index contributed by atoms with van der Waals surface area (Å²) in [6.07, 6.45) is 8.61. The van der Waals surface area contributed by atoms with Crippen molar-refractivity contribution in [1.82, 2.24) is 14.5 Å². The molecule has 1 fully saturated rings. The third-order valence-electron chi connectivity index (χ3n) is 4.72. The molecule has 0 radical (unpaired) electrons. The number of benzene rings is 1. The highest BCUT2D eigenvalue weighted by Crippen LogP contribution is 2.30. The van der Waals surface area contributed by atoms with E-state index in [2.05, 4.69) is 15.3 Å². The maximum absolute atomic E-state index is 13.6. The second-order valence-electron chi connectivity index (χ2n) is 6.43. The number of hydrogen-bond acceptors (Lipinski definition) is 4. The first kappa shape index (κ1) is 15.7. The van der Waals surface area contributed by atoms with Gasteiger partial charge in [-0.15, -0.1) is 0 Å². The van der Waals surface area contributed by atoms with Gasteiger partial charge in [0.1, 0.15) is 5.82 Å². The van der Waals surface area contributed by atoms with Crippen LogP contribution < -0.4 is 10.9 Å². The molecular weight excluding hydrogens is 319 g/mol. The lowest BCUT2D eigenvalue weighted by Crippen LogP contribution is -2.29. The van der Waals surface area contributed by atoms with Crippen molar-refractivity contribution in [3.8, 4) is 0 Å². The zero-order valence-electron chi connectivity index (χ0n) is 13.8. The van der Waals surface area contributed by atoms with Crippen molar-refractivity contribution in [2.45, 2.75) is 38.1 Å². The van der Waals surface area contributed by atoms with Crippen molar-refractivity contribution in [1.29, 1.82) is 0 Å². The molecule has 0 saturated heterocycles. The van der Waals surface area contributed by atoms with Gasteiger partial charge in [-0.25, -0.2) is 9.37 Å². The number of rotatable bonds is 3. The predicted molar refractivity (Wildman–Crippen MR) is 95.6 cm³/mol. The largest absolute Gasteiger partial charge is 0.324 e. The summed E-state index contributed by atoms with van der Waals surface area (Å²) in [6.45, 7) is 0. The normalized spacial score (nSPS) is 15.4. The highest BCUT2D eigenvalue weighted by Gasteiger charge is 2.22. The summed E-state index contributed by atoms with van der Waals surface area (Å²) in [6, 6.07) is 7.93. The van der Waals surface area contributed by atoms with E-state index in [1.807, 2.05) is 12.1 Å². The minimum Gasteiger partial charge on any atom is -0.324 e. The molecule has 25 heavy (non-hydrogen) atoms. The Morgan fingerprint density at radius 1 is 1.16 bits per heavy atom. The fourth-order valence-corrected chi connectivity index (χ4v) is 3.50. The molecule has 1 saturated carbocycles. The van der Waals surface area contributed by atoms with Crippen LogP contribution in [0.4, 0.5) is 16.0 Å². The molecule has 6 heteroatoms. The van der Waals surface area contributed by atoms with Crippen LogP contribution in [0.1, 0.15) is 38.1 Å². The Bertz CT molecular complexity index is 949. The molecule has 4 rings (SSSR count). The Labute approximate surface area is 144 Å². The van der Waals surface area contributed by atoms with Gasteiger partial charge in [-0.1, -0.05) is 19.3 Å². The van der Waals surface area contributed by atoms with Gasteiger partial charge in [0, 0.05) is 12.2 Å². The van der Waals surface area contributed by atoms with Crippen molar-refractivity contribution in [2.24, 2.45) is 0 Å². The zero-order chi connectivity index (χ0) is 17.2. The van der Waals surface area contributed by atoms with Gasteiger partial charge >= 0.3 is 0 Å². The highest BCUT2D eigenvalue weighted by atomic mass is 19.1. The van der Waals surface area contributed by atoms with Gasteiger partial charge in [-0.2, -0.15) is 0 Å². The lowest BCUT2D eigenvalue weighted by Gasteiger charge is -2.26. The first-order valence-electron chi connectivity index (χ1n) is 8.61. The third-order valence-corrected chi connectivity index (χ3v) is 4.72. The lowest BCUT2D eigenvalue weighted by molar-refractivity contribution is 0.349. The summed E-state index contributed by atoms with van der Waals surface area (Å²) in [5.41, 5.74) is 1.06. The number of hydrogen-bond donors (Lipinski definition) is 1. The van der Waals surface area contributed by atoms with Crippen LogP contribution in [0.15, 0.2) is 47.5 Å². The standard InChI is InChI=1S/C19H19FN4O/c20-13-8-9-17-16(11-13)18(25)24(15-6-2-1-3-7-15)19(23-17)22-14-5-4-10-21-12-14/h4-5,8-12,15H,1-3,6-7H2,(H,22,23). The van der Waals surface area contributed by atoms with E-state index in [9.17, 15) is 9.18 Å². The van der Waals surface area contributed by atoms with E-state index < -0.39 is 5.82 Å². The molecule has 2 heterocycles. The van der Waals surface area contributed by atoms with Crippen LogP contribution in [0.2, 0.25) is 0 Å². The molecule has 1 aliphatic carbocycles. The second kappa shape index (κ2) is 6.63. The highest BCUT2D eigenvalue weighted by molar-refractivity contribution is 5.79. The van der Waals surface area contributed by atoms with Crippen molar-refractivity contribution in [3.63, 3.8) is 0 Å². The number of fused-ring (bicyclic) bond motifs is 1. The van der Waals surface area contributed by atoms with Crippen LogP contribution in [0.3, 0.4) is 0 Å². The topological polar surface area (TPSA) is 59.8 Å². The average Bonchev–Trinajstić information content (AvgIpc) is 2.64. The van der Waals surface area contributed by atoms with Crippen molar-refractivity contribution in [3.05, 3.63) is 58.9 Å². The average molecular weight is 338 g/mol. The number of aromatic nitrogens is 3. The number of halogens is 1. The molecule has 1 N–H and O–H groups in total. The quantitative estimate of drug-likeness (QED) is 0.778. The molecule has 3 aromatic rings. The fraction of sp³-hybridized carbons (Fsp3) is 0.316. The number of pyridine rings is 1. The van der Waals surface area contributed by atoms with E-state index in [0.717, 1.165) is 31.4 Å². The van der Waals surface area contributed by atoms with E-state index >= 15 is 0 Å². The summed E-state index contributed by atoms with van der Waals surface area (Å²) in [7, 11) is 0. The van der Waals surface area contributed by atoms with Crippen LogP contribution in [0.25, 0.3) is 10.9 Å². The minimum absolute atomic E-state index is 0.0839. The maximum atomic E-state index is 13.6. The fourth-order valence-electron chi connectivity index (χ4n) is 3.50. The van der Waals surface area contributed by atoms with Crippen LogP contribution in [0, 0.1) is 5.82 Å². The maximum Gasteiger partial charge on any atom is 0.263 e. The number of anilines is 2. The lowest BCUT2D eigenvalue weighted by atomic mass is 9.95. The van der Waals surface area contributed by atoms with E-state index in [1.165, 1.54) is 18.6 Å². The molecule has 1 aliphatic rings. The Morgan fingerprint density at radius 2 is 2.00 bits per heavy atom. The SMILES string of the molecule is O=c1c2cc(F)ccc2nc(Nc2cccnc2)n1C1CCCCC1. The van der Waals surface area contributed by atoms with Crippen LogP contribution in [-0.2, 0) is 0 Å². The molecule has 128 valence electrons. The summed E-state index contributed by atoms with van der Waals surface area (Å²) in [5, 5.41) is 3.53. The van der Waals surface area contributed by atoms with Crippen LogP contribution in [0.5, 0.6) is 0 Å². The van der Waals surface area contributed by atoms with Crippen LogP contribution >= 0.6 is 0 Å². The molecule has 0 aliphatic heterocycles. The van der Waals surface area contributed by atoms with Gasteiger partial charge < -0.3 is 5.32 Å². The van der Waals surface area contributed by atoms with Gasteiger partial charge in [-0.3, -0.25) is 14.3 Å². The molecule has 0 atom stereocenters. The molecule has 0 amide bonds. The molecule has 0 spiro atoms. The summed E-state index contributed by atoms with van der Waals surface area (Å²) in [5.74, 6) is 0.0681. The van der Waals surface area contributed by atoms with Gasteiger partial charge in [0.15, 0.2) is 0 Å². The zero-order valence-corrected chi connectivity index (χ0v) is 13.8. The summed E-state index contributed by atoms with van der Waals surface area (Å²) < 4.78 is 15.3. The Morgan fingerprint density at radius 3 is 2.76 bits per heavy atom. The monoisotopic (exact) mass is 338 g/mol. The Balaban J connectivity index is 1.89. The van der Waals surface area contributed by atoms with E-state index in [1.54, 1.807) is 23.0 Å². The van der Waals surface area contributed by atoms with Gasteiger partial charge in [0.25, 0.3) is 5.56 Å². The van der Waals surface area contributed by atoms with Gasteiger partial charge in [0.05, 0.1) is 22.8 Å². The van der Waals surface area contributed by atoms with E-state index in [-0.39, 0.29) is 11.6 Å². The molecular formula is C19H19FN4O. The minimum atomic E-state index is -0.422. The molecule has 1 aromatic carbocycles. The summed E-state index contributed by atoms with van der Waals surface area (Å²) >= 11 is 0. The van der Waals surface area contributed by atoms with Crippen LogP contribution in [-0.4, -0.2) is 14.5 Å². The van der Waals surface area contributed by atoms with Gasteiger partial charge in [-0.05, 0) is 43.2 Å². The predicted octanol–water partition coefficient (Wildman–Crippen LogP) is 4.18. The molecule has 2 aromatic heterocycles. The molecule has 5 nitrogen and oxygen atoms in total. The van der Waals surface area contributed by atoms with Crippen molar-refractivity contribution < 1.29 is 4.39 Å². The number of nitrogens with one attached hydrogen (secondary N) is 1. The van der Waals surface area contributed by atoms with E-state index in [0.29, 0.717) is 16.9 Å². The van der Waals surface area contributed by atoms with E-state index in [4.69, 9.17) is 0 Å². The summed E-state index contributed by atoms with van der Waals surface area (Å²) in [4.78, 5) is 21.8. The smallest absolute Gasteiger partial charge is 0.263 e. The molecule has 0 bridgehead atoms. The van der Waals surface area contributed by atoms with Gasteiger partial charge in [0.2, 0.25) is 5.95 Å². The van der Waals surface area contributed by atoms with Crippen molar-refractivity contribution >= 4 is 22.5 Å². The number of nitrogens with zero attached hydrogens (tertiary/aromatic N) is 3.